The van der Waals surface area contributed by atoms with Gasteiger partial charge in [-0.1, -0.05) is 16.8 Å². The average Bonchev–Trinajstić information content (AvgIpc) is 2.97. The number of aromatic nitrogens is 1. The van der Waals surface area contributed by atoms with Crippen LogP contribution in [0.2, 0.25) is 5.02 Å². The molecule has 0 saturated heterocycles. The number of carbonyl (C=O) groups excluding carboxylic acids is 2. The van der Waals surface area contributed by atoms with Crippen LogP contribution in [0.15, 0.2) is 39.8 Å². The molecular weight excluding hydrogens is 386 g/mol. The third-order valence-electron chi connectivity index (χ3n) is 3.05. The van der Waals surface area contributed by atoms with Gasteiger partial charge < -0.3 is 14.6 Å². The van der Waals surface area contributed by atoms with Crippen molar-refractivity contribution in [1.29, 1.82) is 0 Å². The zero-order chi connectivity index (χ0) is 19.3. The number of halogens is 1. The Labute approximate surface area is 154 Å². The summed E-state index contributed by atoms with van der Waals surface area (Å²) >= 11 is 5.71. The molecule has 0 saturated carbocycles. The predicted molar refractivity (Wildman–Crippen MR) is 92.1 cm³/mol. The lowest BCUT2D eigenvalue weighted by molar-refractivity contribution is -0.148. The Morgan fingerprint density at radius 3 is 2.54 bits per heavy atom. The lowest BCUT2D eigenvalue weighted by atomic mass is 10.4. The highest BCUT2D eigenvalue weighted by atomic mass is 35.5. The molecule has 0 bridgehead atoms. The van der Waals surface area contributed by atoms with Gasteiger partial charge in [0.15, 0.2) is 12.4 Å². The molecule has 0 aliphatic rings. The van der Waals surface area contributed by atoms with Crippen molar-refractivity contribution in [2.24, 2.45) is 0 Å². The number of carbonyl (C=O) groups is 2. The van der Waals surface area contributed by atoms with Crippen LogP contribution in [0.5, 0.6) is 0 Å². The summed E-state index contributed by atoms with van der Waals surface area (Å²) in [6, 6.07) is 5.72. The Bertz CT molecular complexity index is 894. The summed E-state index contributed by atoms with van der Waals surface area (Å²) in [5.74, 6) is -0.865. The third kappa shape index (κ3) is 5.55. The number of hydrogen-bond acceptors (Lipinski definition) is 7. The predicted octanol–water partition coefficient (Wildman–Crippen LogP) is 1.49. The minimum atomic E-state index is -3.94. The van der Waals surface area contributed by atoms with E-state index in [1.165, 1.54) is 37.3 Å². The van der Waals surface area contributed by atoms with Gasteiger partial charge in [0.2, 0.25) is 10.0 Å². The van der Waals surface area contributed by atoms with E-state index in [9.17, 15) is 18.0 Å². The maximum absolute atomic E-state index is 12.2. The first kappa shape index (κ1) is 19.9. The number of aryl methyl sites for hydroxylation is 1. The molecule has 2 N–H and O–H groups in total. The first-order valence-electron chi connectivity index (χ1n) is 7.35. The van der Waals surface area contributed by atoms with Crippen LogP contribution in [-0.2, 0) is 24.3 Å². The molecule has 1 heterocycles. The molecular formula is C15H16ClN3O6S. The Kier molecular flexibility index (Phi) is 6.35. The van der Waals surface area contributed by atoms with Gasteiger partial charge in [0.1, 0.15) is 11.8 Å². The topological polar surface area (TPSA) is 128 Å². The molecule has 26 heavy (non-hydrogen) atoms. The Morgan fingerprint density at radius 2 is 1.96 bits per heavy atom. The van der Waals surface area contributed by atoms with Crippen molar-refractivity contribution in [2.75, 3.05) is 11.9 Å². The van der Waals surface area contributed by atoms with Crippen LogP contribution in [0.3, 0.4) is 0 Å². The van der Waals surface area contributed by atoms with Crippen LogP contribution in [0.4, 0.5) is 5.82 Å². The summed E-state index contributed by atoms with van der Waals surface area (Å²) in [5, 5.41) is 6.30. The largest absolute Gasteiger partial charge is 0.454 e. The zero-order valence-corrected chi connectivity index (χ0v) is 15.4. The lowest BCUT2D eigenvalue weighted by Gasteiger charge is -2.13. The molecule has 0 fully saturated rings. The van der Waals surface area contributed by atoms with Crippen molar-refractivity contribution in [2.45, 2.75) is 24.8 Å². The molecule has 140 valence electrons. The second kappa shape index (κ2) is 8.30. The highest BCUT2D eigenvalue weighted by Gasteiger charge is 2.23. The van der Waals surface area contributed by atoms with Crippen molar-refractivity contribution in [3.8, 4) is 0 Å². The van der Waals surface area contributed by atoms with Crippen LogP contribution in [0.25, 0.3) is 0 Å². The molecule has 11 heteroatoms. The summed E-state index contributed by atoms with van der Waals surface area (Å²) in [7, 11) is -3.94. The first-order chi connectivity index (χ1) is 12.2. The van der Waals surface area contributed by atoms with Gasteiger partial charge in [-0.15, -0.1) is 0 Å². The van der Waals surface area contributed by atoms with Gasteiger partial charge in [-0.3, -0.25) is 9.59 Å². The summed E-state index contributed by atoms with van der Waals surface area (Å²) in [4.78, 5) is 23.5. The molecule has 1 amide bonds. The van der Waals surface area contributed by atoms with Crippen LogP contribution < -0.4 is 10.0 Å². The summed E-state index contributed by atoms with van der Waals surface area (Å²) in [6.07, 6.45) is 0. The minimum absolute atomic E-state index is 0.0549. The summed E-state index contributed by atoms with van der Waals surface area (Å²) in [5.41, 5.74) is 0. The molecule has 0 radical (unpaired) electrons. The maximum atomic E-state index is 12.2. The Hall–Kier alpha value is -2.43. The molecule has 9 nitrogen and oxygen atoms in total. The number of ether oxygens (including phenoxy) is 1. The van der Waals surface area contributed by atoms with E-state index in [0.717, 1.165) is 0 Å². The van der Waals surface area contributed by atoms with E-state index in [1.54, 1.807) is 6.92 Å². The van der Waals surface area contributed by atoms with Crippen LogP contribution in [0, 0.1) is 6.92 Å². The summed E-state index contributed by atoms with van der Waals surface area (Å²) < 4.78 is 36.1. The van der Waals surface area contributed by atoms with Crippen molar-refractivity contribution in [3.05, 3.63) is 41.1 Å². The lowest BCUT2D eigenvalue weighted by Crippen LogP contribution is -2.40. The fraction of sp³-hybridized carbons (Fsp3) is 0.267. The van der Waals surface area contributed by atoms with Crippen molar-refractivity contribution in [3.63, 3.8) is 0 Å². The molecule has 0 spiro atoms. The van der Waals surface area contributed by atoms with E-state index in [1.807, 2.05) is 0 Å². The molecule has 0 unspecified atom stereocenters. The molecule has 1 atom stereocenters. The van der Waals surface area contributed by atoms with E-state index in [2.05, 4.69) is 15.2 Å². The highest BCUT2D eigenvalue weighted by molar-refractivity contribution is 7.89. The smallest absolute Gasteiger partial charge is 0.324 e. The van der Waals surface area contributed by atoms with Crippen LogP contribution in [-0.4, -0.2) is 38.1 Å². The van der Waals surface area contributed by atoms with E-state index in [-0.39, 0.29) is 10.7 Å². The number of esters is 1. The van der Waals surface area contributed by atoms with Crippen LogP contribution in [0.1, 0.15) is 12.7 Å². The normalized spacial score (nSPS) is 12.4. The molecule has 0 aliphatic carbocycles. The number of sulfonamides is 1. The van der Waals surface area contributed by atoms with Gasteiger partial charge in [0, 0.05) is 11.1 Å². The van der Waals surface area contributed by atoms with E-state index >= 15 is 0 Å². The number of anilines is 1. The molecule has 1 aromatic carbocycles. The highest BCUT2D eigenvalue weighted by Crippen LogP contribution is 2.14. The molecule has 2 aromatic rings. The summed E-state index contributed by atoms with van der Waals surface area (Å²) in [6.45, 7) is 2.35. The number of nitrogens with zero attached hydrogens (tertiary/aromatic N) is 1. The van der Waals surface area contributed by atoms with E-state index in [4.69, 9.17) is 20.9 Å². The van der Waals surface area contributed by atoms with Gasteiger partial charge in [0.25, 0.3) is 5.91 Å². The number of nitrogens with one attached hydrogen (secondary N) is 2. The quantitative estimate of drug-likeness (QED) is 0.672. The monoisotopic (exact) mass is 401 g/mol. The second-order valence-corrected chi connectivity index (χ2v) is 7.43. The van der Waals surface area contributed by atoms with Gasteiger partial charge in [-0.25, -0.2) is 8.42 Å². The Morgan fingerprint density at radius 1 is 1.31 bits per heavy atom. The number of hydrogen-bond donors (Lipinski definition) is 2. The average molecular weight is 402 g/mol. The first-order valence-corrected chi connectivity index (χ1v) is 9.21. The van der Waals surface area contributed by atoms with Gasteiger partial charge in [0.05, 0.1) is 4.90 Å². The van der Waals surface area contributed by atoms with Crippen molar-refractivity contribution in [1.82, 2.24) is 9.88 Å². The minimum Gasteiger partial charge on any atom is -0.454 e. The van der Waals surface area contributed by atoms with E-state index < -0.39 is 34.5 Å². The van der Waals surface area contributed by atoms with Crippen molar-refractivity contribution >= 4 is 39.3 Å². The SMILES string of the molecule is Cc1cc(NC(=O)COC(=O)[C@@H](C)NS(=O)(=O)c2ccc(Cl)cc2)no1. The number of benzene rings is 1. The second-order valence-electron chi connectivity index (χ2n) is 5.28. The number of rotatable bonds is 7. The molecule has 1 aromatic heterocycles. The van der Waals surface area contributed by atoms with Crippen molar-refractivity contribution < 1.29 is 27.3 Å². The standard InChI is InChI=1S/C15H16ClN3O6S/c1-9-7-13(18-25-9)17-14(20)8-24-15(21)10(2)19-26(22,23)12-5-3-11(16)4-6-12/h3-7,10,19H,8H2,1-2H3,(H,17,18,20)/t10-/m1/s1. The molecule has 0 aliphatic heterocycles. The third-order valence-corrected chi connectivity index (χ3v) is 4.86. The van der Waals surface area contributed by atoms with Crippen LogP contribution >= 0.6 is 11.6 Å². The van der Waals surface area contributed by atoms with Gasteiger partial charge in [-0.2, -0.15) is 4.72 Å². The fourth-order valence-electron chi connectivity index (χ4n) is 1.83. The Balaban J connectivity index is 1.86. The number of amides is 1. The fourth-order valence-corrected chi connectivity index (χ4v) is 3.15. The van der Waals surface area contributed by atoms with E-state index in [0.29, 0.717) is 10.8 Å². The maximum Gasteiger partial charge on any atom is 0.324 e. The zero-order valence-electron chi connectivity index (χ0n) is 13.9. The van der Waals surface area contributed by atoms with Gasteiger partial charge in [-0.05, 0) is 38.1 Å². The molecule has 2 rings (SSSR count). The van der Waals surface area contributed by atoms with Gasteiger partial charge >= 0.3 is 5.97 Å².